The maximum Gasteiger partial charge on any atom is 0.0412 e. The molecule has 9 aromatic carbocycles. The number of hydrogen-bond donors (Lipinski definition) is 0. The summed E-state index contributed by atoms with van der Waals surface area (Å²) in [4.78, 5) is 0. The maximum atomic E-state index is 6.48. The Morgan fingerprint density at radius 3 is 1.40 bits per heavy atom. The predicted octanol–water partition coefficient (Wildman–Crippen LogP) is 13.1. The van der Waals surface area contributed by atoms with Crippen molar-refractivity contribution in [3.63, 3.8) is 0 Å². The molecule has 0 aromatic heterocycles. The van der Waals surface area contributed by atoms with Crippen molar-refractivity contribution in [3.8, 4) is 33.4 Å². The minimum Gasteiger partial charge on any atom is -0.0843 e. The first-order chi connectivity index (χ1) is 22.2. The van der Waals surface area contributed by atoms with E-state index < -0.39 is 0 Å². The Balaban J connectivity index is 1.28. The molecule has 45 heavy (non-hydrogen) atoms. The predicted molar refractivity (Wildman–Crippen MR) is 195 cm³/mol. The number of rotatable bonds is 3. The van der Waals surface area contributed by atoms with Gasteiger partial charge in [0, 0.05) is 5.02 Å². The van der Waals surface area contributed by atoms with Crippen LogP contribution in [0.4, 0.5) is 0 Å². The number of fused-ring (bicyclic) bond motifs is 6. The number of benzene rings is 9. The van der Waals surface area contributed by atoms with Crippen LogP contribution in [0.1, 0.15) is 0 Å². The summed E-state index contributed by atoms with van der Waals surface area (Å²) in [5.74, 6) is 0. The second-order valence-corrected chi connectivity index (χ2v) is 12.2. The van der Waals surface area contributed by atoms with Crippen molar-refractivity contribution >= 4 is 65.5 Å². The van der Waals surface area contributed by atoms with Gasteiger partial charge in [-0.15, -0.1) is 0 Å². The quantitative estimate of drug-likeness (QED) is 0.142. The highest BCUT2D eigenvalue weighted by molar-refractivity contribution is 6.32. The van der Waals surface area contributed by atoms with Crippen LogP contribution in [0.5, 0.6) is 0 Å². The van der Waals surface area contributed by atoms with Crippen molar-refractivity contribution in [3.05, 3.63) is 169 Å². The number of halogens is 1. The molecule has 0 spiro atoms. The highest BCUT2D eigenvalue weighted by atomic mass is 35.5. The molecule has 0 aliphatic rings. The molecule has 0 heterocycles. The first-order valence-corrected chi connectivity index (χ1v) is 15.8. The van der Waals surface area contributed by atoms with Crippen LogP contribution in [0.3, 0.4) is 0 Å². The van der Waals surface area contributed by atoms with Gasteiger partial charge in [0.05, 0.1) is 0 Å². The van der Waals surface area contributed by atoms with Gasteiger partial charge >= 0.3 is 0 Å². The molecule has 9 rings (SSSR count). The van der Waals surface area contributed by atoms with Crippen LogP contribution in [0.2, 0.25) is 5.02 Å². The van der Waals surface area contributed by atoms with Crippen LogP contribution in [-0.4, -0.2) is 0 Å². The SMILES string of the molecule is Clc1ccc2ccc3ccc(-c4c5ccccc5c(-c5ccc(-c6cccc7ccccc67)cc5)c5ccccc45)cc3c2c1. The summed E-state index contributed by atoms with van der Waals surface area (Å²) in [6, 6.07) is 59.4. The Hall–Kier alpha value is -5.43. The summed E-state index contributed by atoms with van der Waals surface area (Å²) in [6.07, 6.45) is 0. The topological polar surface area (TPSA) is 0 Å². The zero-order valence-corrected chi connectivity index (χ0v) is 25.2. The van der Waals surface area contributed by atoms with Crippen LogP contribution in [-0.2, 0) is 0 Å². The second kappa shape index (κ2) is 10.3. The van der Waals surface area contributed by atoms with Gasteiger partial charge in [-0.05, 0) is 105 Å². The van der Waals surface area contributed by atoms with E-state index in [2.05, 4.69) is 158 Å². The molecule has 0 saturated carbocycles. The summed E-state index contributed by atoms with van der Waals surface area (Å²) in [6.45, 7) is 0. The summed E-state index contributed by atoms with van der Waals surface area (Å²) in [5, 5.41) is 13.1. The average molecular weight is 591 g/mol. The lowest BCUT2D eigenvalue weighted by molar-refractivity contribution is 1.63. The van der Waals surface area contributed by atoms with Crippen molar-refractivity contribution in [1.29, 1.82) is 0 Å². The fourth-order valence-electron chi connectivity index (χ4n) is 7.22. The van der Waals surface area contributed by atoms with Crippen molar-refractivity contribution in [2.24, 2.45) is 0 Å². The highest BCUT2D eigenvalue weighted by Gasteiger charge is 2.17. The first-order valence-electron chi connectivity index (χ1n) is 15.4. The highest BCUT2D eigenvalue weighted by Crippen LogP contribution is 2.45. The average Bonchev–Trinajstić information content (AvgIpc) is 3.10. The third-order valence-electron chi connectivity index (χ3n) is 9.30. The molecule has 0 unspecified atom stereocenters. The molecule has 0 aliphatic carbocycles. The van der Waals surface area contributed by atoms with Crippen LogP contribution >= 0.6 is 11.6 Å². The molecule has 0 bridgehead atoms. The van der Waals surface area contributed by atoms with E-state index in [4.69, 9.17) is 11.6 Å². The molecule has 0 amide bonds. The zero-order chi connectivity index (χ0) is 29.9. The van der Waals surface area contributed by atoms with E-state index in [1.54, 1.807) is 0 Å². The molecule has 210 valence electrons. The lowest BCUT2D eigenvalue weighted by Gasteiger charge is -2.18. The van der Waals surface area contributed by atoms with Crippen LogP contribution in [0, 0.1) is 0 Å². The van der Waals surface area contributed by atoms with Crippen LogP contribution < -0.4 is 0 Å². The minimum atomic E-state index is 0.757. The third kappa shape index (κ3) is 4.22. The van der Waals surface area contributed by atoms with Gasteiger partial charge in [-0.3, -0.25) is 0 Å². The van der Waals surface area contributed by atoms with Gasteiger partial charge in [-0.2, -0.15) is 0 Å². The molecule has 0 N–H and O–H groups in total. The second-order valence-electron chi connectivity index (χ2n) is 11.8. The number of hydrogen-bond acceptors (Lipinski definition) is 0. The molecule has 0 aliphatic heterocycles. The fraction of sp³-hybridized carbons (Fsp3) is 0. The van der Waals surface area contributed by atoms with Gasteiger partial charge in [0.1, 0.15) is 0 Å². The van der Waals surface area contributed by atoms with Crippen LogP contribution in [0.25, 0.3) is 87.2 Å². The van der Waals surface area contributed by atoms with E-state index in [1.165, 1.54) is 87.2 Å². The maximum absolute atomic E-state index is 6.48. The van der Waals surface area contributed by atoms with E-state index in [0.29, 0.717) is 0 Å². The molecule has 0 fully saturated rings. The van der Waals surface area contributed by atoms with E-state index in [-0.39, 0.29) is 0 Å². The summed E-state index contributed by atoms with van der Waals surface area (Å²) < 4.78 is 0. The van der Waals surface area contributed by atoms with Crippen LogP contribution in [0.15, 0.2) is 164 Å². The molecule has 0 radical (unpaired) electrons. The monoisotopic (exact) mass is 590 g/mol. The molecular formula is C44H27Cl. The Kier molecular flexibility index (Phi) is 5.98. The van der Waals surface area contributed by atoms with E-state index in [0.717, 1.165) is 5.02 Å². The lowest BCUT2D eigenvalue weighted by atomic mass is 9.85. The Bertz CT molecular complexity index is 2530. The standard InChI is InChI=1S/C44H27Cl/c45-34-25-24-31-17-16-30-20-23-33(26-41(30)42(31)27-34)44-39-13-5-3-11-37(39)43(38-12-4-6-14-40(38)44)32-21-18-29(19-22-32)36-15-7-9-28-8-1-2-10-35(28)36/h1-27H. The normalized spacial score (nSPS) is 11.7. The molecular weight excluding hydrogens is 564 g/mol. The lowest BCUT2D eigenvalue weighted by Crippen LogP contribution is -1.91. The summed E-state index contributed by atoms with van der Waals surface area (Å²) >= 11 is 6.48. The minimum absolute atomic E-state index is 0.757. The van der Waals surface area contributed by atoms with Gasteiger partial charge in [0.2, 0.25) is 0 Å². The third-order valence-corrected chi connectivity index (χ3v) is 9.53. The van der Waals surface area contributed by atoms with Gasteiger partial charge in [0.25, 0.3) is 0 Å². The smallest absolute Gasteiger partial charge is 0.0412 e. The first kappa shape index (κ1) is 26.0. The Labute approximate surface area is 266 Å². The van der Waals surface area contributed by atoms with Gasteiger partial charge < -0.3 is 0 Å². The summed E-state index contributed by atoms with van der Waals surface area (Å²) in [5.41, 5.74) is 7.45. The molecule has 0 nitrogen and oxygen atoms in total. The Morgan fingerprint density at radius 1 is 0.289 bits per heavy atom. The van der Waals surface area contributed by atoms with Gasteiger partial charge in [0.15, 0.2) is 0 Å². The van der Waals surface area contributed by atoms with E-state index in [1.807, 2.05) is 6.07 Å². The fourth-order valence-corrected chi connectivity index (χ4v) is 7.39. The van der Waals surface area contributed by atoms with E-state index in [9.17, 15) is 0 Å². The van der Waals surface area contributed by atoms with E-state index >= 15 is 0 Å². The Morgan fingerprint density at radius 2 is 0.733 bits per heavy atom. The molecule has 9 aromatic rings. The summed E-state index contributed by atoms with van der Waals surface area (Å²) in [7, 11) is 0. The largest absolute Gasteiger partial charge is 0.0843 e. The molecule has 1 heteroatoms. The molecule has 0 saturated heterocycles. The zero-order valence-electron chi connectivity index (χ0n) is 24.5. The van der Waals surface area contributed by atoms with Crippen molar-refractivity contribution in [2.45, 2.75) is 0 Å². The van der Waals surface area contributed by atoms with Gasteiger partial charge in [-0.25, -0.2) is 0 Å². The van der Waals surface area contributed by atoms with Crippen molar-refractivity contribution in [1.82, 2.24) is 0 Å². The molecule has 0 atom stereocenters. The van der Waals surface area contributed by atoms with Crippen molar-refractivity contribution in [2.75, 3.05) is 0 Å². The van der Waals surface area contributed by atoms with Gasteiger partial charge in [-0.1, -0.05) is 157 Å². The van der Waals surface area contributed by atoms with Crippen molar-refractivity contribution < 1.29 is 0 Å².